The number of H-pyrrole nitrogens is 1. The second kappa shape index (κ2) is 5.09. The lowest BCUT2D eigenvalue weighted by atomic mass is 10.1. The number of aromatic amines is 1. The number of carbonyl (C=O) groups excluding carboxylic acids is 1. The highest BCUT2D eigenvalue weighted by Crippen LogP contribution is 2.24. The number of thiophene rings is 1. The molecule has 0 saturated heterocycles. The lowest BCUT2D eigenvalue weighted by Gasteiger charge is -2.24. The topological polar surface area (TPSA) is 49.0 Å². The number of nitrogens with zero attached hydrogens (tertiary/aromatic N) is 2. The lowest BCUT2D eigenvalue weighted by molar-refractivity contribution is 0.0737. The average molecular weight is 285 g/mol. The van der Waals surface area contributed by atoms with E-state index in [1.165, 1.54) is 0 Å². The van der Waals surface area contributed by atoms with Crippen molar-refractivity contribution < 1.29 is 4.79 Å². The van der Waals surface area contributed by atoms with Crippen LogP contribution >= 0.6 is 11.3 Å². The van der Waals surface area contributed by atoms with E-state index in [9.17, 15) is 4.79 Å². The SMILES string of the molecule is C[C@@H](c1ccncc1)N(C)C(=O)c1cc2sccc2[nH]1. The number of hydrogen-bond donors (Lipinski definition) is 1. The molecule has 4 nitrogen and oxygen atoms in total. The van der Waals surface area contributed by atoms with Crippen LogP contribution in [0.5, 0.6) is 0 Å². The molecule has 3 heterocycles. The Kier molecular flexibility index (Phi) is 3.28. The minimum absolute atomic E-state index is 0.00212. The average Bonchev–Trinajstić information content (AvgIpc) is 3.07. The monoisotopic (exact) mass is 285 g/mol. The normalized spacial score (nSPS) is 12.5. The Morgan fingerprint density at radius 2 is 2.10 bits per heavy atom. The summed E-state index contributed by atoms with van der Waals surface area (Å²) < 4.78 is 1.11. The summed E-state index contributed by atoms with van der Waals surface area (Å²) in [6.07, 6.45) is 3.49. The zero-order chi connectivity index (χ0) is 14.1. The van der Waals surface area contributed by atoms with E-state index in [-0.39, 0.29) is 11.9 Å². The molecular weight excluding hydrogens is 270 g/mol. The van der Waals surface area contributed by atoms with Gasteiger partial charge < -0.3 is 9.88 Å². The van der Waals surface area contributed by atoms with Crippen molar-refractivity contribution in [1.29, 1.82) is 0 Å². The number of nitrogens with one attached hydrogen (secondary N) is 1. The Balaban J connectivity index is 1.84. The van der Waals surface area contributed by atoms with E-state index in [2.05, 4.69) is 9.97 Å². The van der Waals surface area contributed by atoms with Crippen molar-refractivity contribution in [2.75, 3.05) is 7.05 Å². The van der Waals surface area contributed by atoms with Crippen LogP contribution < -0.4 is 0 Å². The maximum Gasteiger partial charge on any atom is 0.270 e. The summed E-state index contributed by atoms with van der Waals surface area (Å²) in [5.74, 6) is -0.00212. The molecule has 0 aliphatic heterocycles. The summed E-state index contributed by atoms with van der Waals surface area (Å²) >= 11 is 1.63. The van der Waals surface area contributed by atoms with Crippen LogP contribution in [-0.2, 0) is 0 Å². The van der Waals surface area contributed by atoms with E-state index >= 15 is 0 Å². The van der Waals surface area contributed by atoms with Crippen LogP contribution in [0.3, 0.4) is 0 Å². The van der Waals surface area contributed by atoms with E-state index in [0.29, 0.717) is 5.69 Å². The molecule has 3 aromatic heterocycles. The Bertz CT molecular complexity index is 703. The first-order valence-corrected chi connectivity index (χ1v) is 7.28. The van der Waals surface area contributed by atoms with Gasteiger partial charge in [-0.1, -0.05) is 0 Å². The summed E-state index contributed by atoms with van der Waals surface area (Å²) in [6.45, 7) is 2.01. The molecule has 0 saturated carbocycles. The first-order chi connectivity index (χ1) is 9.66. The summed E-state index contributed by atoms with van der Waals surface area (Å²) in [7, 11) is 1.82. The summed E-state index contributed by atoms with van der Waals surface area (Å²) in [5, 5.41) is 2.01. The number of pyridine rings is 1. The van der Waals surface area contributed by atoms with Crippen molar-refractivity contribution in [2.45, 2.75) is 13.0 Å². The minimum atomic E-state index is -0.00212. The van der Waals surface area contributed by atoms with Crippen LogP contribution in [0, 0.1) is 0 Å². The molecule has 0 aliphatic carbocycles. The highest BCUT2D eigenvalue weighted by atomic mass is 32.1. The molecule has 102 valence electrons. The Labute approximate surface area is 121 Å². The molecule has 0 spiro atoms. The molecule has 20 heavy (non-hydrogen) atoms. The Hall–Kier alpha value is -2.14. The number of carbonyl (C=O) groups is 1. The molecule has 3 aromatic rings. The van der Waals surface area contributed by atoms with Crippen LogP contribution in [0.1, 0.15) is 29.0 Å². The van der Waals surface area contributed by atoms with Gasteiger partial charge in [0.25, 0.3) is 5.91 Å². The molecule has 0 aliphatic rings. The van der Waals surface area contributed by atoms with Crippen LogP contribution in [0.4, 0.5) is 0 Å². The fourth-order valence-electron chi connectivity index (χ4n) is 2.19. The highest BCUT2D eigenvalue weighted by Gasteiger charge is 2.20. The highest BCUT2D eigenvalue weighted by molar-refractivity contribution is 7.17. The number of aromatic nitrogens is 2. The van der Waals surface area contributed by atoms with Gasteiger partial charge in [-0.15, -0.1) is 11.3 Å². The first kappa shape index (κ1) is 12.9. The molecule has 0 aromatic carbocycles. The fraction of sp³-hybridized carbons (Fsp3) is 0.200. The van der Waals surface area contributed by atoms with Gasteiger partial charge in [-0.3, -0.25) is 9.78 Å². The fourth-order valence-corrected chi connectivity index (χ4v) is 2.98. The predicted molar refractivity (Wildman–Crippen MR) is 80.9 cm³/mol. The molecule has 1 amide bonds. The van der Waals surface area contributed by atoms with Gasteiger partial charge in [-0.2, -0.15) is 0 Å². The van der Waals surface area contributed by atoms with Gasteiger partial charge in [-0.05, 0) is 42.1 Å². The second-order valence-electron chi connectivity index (χ2n) is 4.75. The van der Waals surface area contributed by atoms with Crippen LogP contribution in [0.15, 0.2) is 42.0 Å². The number of rotatable bonds is 3. The van der Waals surface area contributed by atoms with Crippen molar-refractivity contribution in [2.24, 2.45) is 0 Å². The Morgan fingerprint density at radius 1 is 1.35 bits per heavy atom. The molecule has 5 heteroatoms. The molecular formula is C15H15N3OS. The number of fused-ring (bicyclic) bond motifs is 1. The zero-order valence-electron chi connectivity index (χ0n) is 11.3. The molecule has 1 atom stereocenters. The smallest absolute Gasteiger partial charge is 0.270 e. The molecule has 1 N–H and O–H groups in total. The van der Waals surface area contributed by atoms with Gasteiger partial charge in [0.05, 0.1) is 16.3 Å². The van der Waals surface area contributed by atoms with Crippen molar-refractivity contribution in [3.63, 3.8) is 0 Å². The van der Waals surface area contributed by atoms with Crippen LogP contribution in [0.2, 0.25) is 0 Å². The maximum atomic E-state index is 12.5. The van der Waals surface area contributed by atoms with E-state index in [4.69, 9.17) is 0 Å². The van der Waals surface area contributed by atoms with Crippen LogP contribution in [-0.4, -0.2) is 27.8 Å². The predicted octanol–water partition coefficient (Wildman–Crippen LogP) is 3.46. The van der Waals surface area contributed by atoms with Gasteiger partial charge in [0.1, 0.15) is 5.69 Å². The van der Waals surface area contributed by atoms with Gasteiger partial charge in [-0.25, -0.2) is 0 Å². The Morgan fingerprint density at radius 3 is 2.80 bits per heavy atom. The molecule has 0 radical (unpaired) electrons. The summed E-state index contributed by atoms with van der Waals surface area (Å²) in [6, 6.07) is 7.77. The zero-order valence-corrected chi connectivity index (χ0v) is 12.1. The molecule has 3 rings (SSSR count). The van der Waals surface area contributed by atoms with Gasteiger partial charge in [0.2, 0.25) is 0 Å². The van der Waals surface area contributed by atoms with E-state index in [1.807, 2.05) is 43.6 Å². The minimum Gasteiger partial charge on any atom is -0.350 e. The quantitative estimate of drug-likeness (QED) is 0.801. The third kappa shape index (κ3) is 2.20. The van der Waals surface area contributed by atoms with E-state index in [0.717, 1.165) is 15.8 Å². The number of amides is 1. The third-order valence-electron chi connectivity index (χ3n) is 3.56. The van der Waals surface area contributed by atoms with Crippen LogP contribution in [0.25, 0.3) is 10.2 Å². The summed E-state index contributed by atoms with van der Waals surface area (Å²) in [5.41, 5.74) is 2.72. The summed E-state index contributed by atoms with van der Waals surface area (Å²) in [4.78, 5) is 21.4. The van der Waals surface area contributed by atoms with Gasteiger partial charge in [0, 0.05) is 19.4 Å². The van der Waals surface area contributed by atoms with Gasteiger partial charge in [0.15, 0.2) is 0 Å². The van der Waals surface area contributed by atoms with Crippen molar-refractivity contribution in [1.82, 2.24) is 14.9 Å². The molecule has 0 bridgehead atoms. The third-order valence-corrected chi connectivity index (χ3v) is 4.42. The second-order valence-corrected chi connectivity index (χ2v) is 5.70. The van der Waals surface area contributed by atoms with E-state index in [1.54, 1.807) is 28.6 Å². The van der Waals surface area contributed by atoms with Crippen molar-refractivity contribution in [3.8, 4) is 0 Å². The van der Waals surface area contributed by atoms with Gasteiger partial charge >= 0.3 is 0 Å². The largest absolute Gasteiger partial charge is 0.350 e. The first-order valence-electron chi connectivity index (χ1n) is 6.40. The number of hydrogen-bond acceptors (Lipinski definition) is 3. The van der Waals surface area contributed by atoms with E-state index < -0.39 is 0 Å². The molecule has 0 unspecified atom stereocenters. The standard InChI is InChI=1S/C15H15N3OS/c1-10(11-3-6-16-7-4-11)18(2)15(19)13-9-14-12(17-13)5-8-20-14/h3-10,17H,1-2H3/t10-/m0/s1. The lowest BCUT2D eigenvalue weighted by Crippen LogP contribution is -2.29. The van der Waals surface area contributed by atoms with Crippen molar-refractivity contribution >= 4 is 27.5 Å². The molecule has 0 fully saturated rings. The van der Waals surface area contributed by atoms with Crippen molar-refractivity contribution in [3.05, 3.63) is 53.3 Å². The maximum absolute atomic E-state index is 12.5.